The SMILES string of the molecule is O=C(O)c1nnn(-c2ccc(Cl)cc2Cl)c1-c1ccncc1. The molecule has 0 amide bonds. The molecule has 0 aliphatic carbocycles. The highest BCUT2D eigenvalue weighted by Gasteiger charge is 2.22. The number of carbonyl (C=O) groups is 1. The lowest BCUT2D eigenvalue weighted by Gasteiger charge is -2.09. The number of carboxylic acids is 1. The molecule has 0 fully saturated rings. The highest BCUT2D eigenvalue weighted by molar-refractivity contribution is 6.35. The number of halogens is 2. The lowest BCUT2D eigenvalue weighted by molar-refractivity contribution is 0.0691. The van der Waals surface area contributed by atoms with E-state index in [1.807, 2.05) is 0 Å². The van der Waals surface area contributed by atoms with Gasteiger partial charge in [0.15, 0.2) is 5.69 Å². The summed E-state index contributed by atoms with van der Waals surface area (Å²) in [5.41, 5.74) is 1.25. The second-order valence-corrected chi connectivity index (χ2v) is 5.18. The van der Waals surface area contributed by atoms with Crippen LogP contribution in [0.25, 0.3) is 16.9 Å². The van der Waals surface area contributed by atoms with Gasteiger partial charge in [-0.25, -0.2) is 9.48 Å². The zero-order valence-electron chi connectivity index (χ0n) is 10.9. The fraction of sp³-hybridized carbons (Fsp3) is 0. The Balaban J connectivity index is 2.27. The van der Waals surface area contributed by atoms with Crippen LogP contribution < -0.4 is 0 Å². The van der Waals surface area contributed by atoms with Gasteiger partial charge < -0.3 is 5.11 Å². The molecule has 0 radical (unpaired) electrons. The Labute approximate surface area is 134 Å². The van der Waals surface area contributed by atoms with Gasteiger partial charge in [0.25, 0.3) is 0 Å². The zero-order valence-corrected chi connectivity index (χ0v) is 12.5. The molecule has 3 rings (SSSR count). The van der Waals surface area contributed by atoms with E-state index < -0.39 is 5.97 Å². The van der Waals surface area contributed by atoms with E-state index in [0.717, 1.165) is 0 Å². The summed E-state index contributed by atoms with van der Waals surface area (Å²) in [7, 11) is 0. The Morgan fingerprint density at radius 1 is 1.14 bits per heavy atom. The molecule has 1 aromatic carbocycles. The van der Waals surface area contributed by atoms with Crippen LogP contribution in [0.5, 0.6) is 0 Å². The van der Waals surface area contributed by atoms with Gasteiger partial charge >= 0.3 is 5.97 Å². The maximum atomic E-state index is 11.4. The van der Waals surface area contributed by atoms with Crippen LogP contribution in [-0.4, -0.2) is 31.1 Å². The fourth-order valence-corrected chi connectivity index (χ4v) is 2.50. The second kappa shape index (κ2) is 5.75. The van der Waals surface area contributed by atoms with E-state index in [4.69, 9.17) is 23.2 Å². The third-order valence-electron chi connectivity index (χ3n) is 2.96. The molecule has 0 saturated carbocycles. The van der Waals surface area contributed by atoms with Gasteiger partial charge in [0, 0.05) is 23.0 Å². The Kier molecular flexibility index (Phi) is 3.79. The molecule has 6 nitrogen and oxygen atoms in total. The van der Waals surface area contributed by atoms with Crippen molar-refractivity contribution in [2.75, 3.05) is 0 Å². The molecule has 22 heavy (non-hydrogen) atoms. The number of pyridine rings is 1. The average molecular weight is 335 g/mol. The summed E-state index contributed by atoms with van der Waals surface area (Å²) in [6, 6.07) is 8.19. The molecule has 0 saturated heterocycles. The van der Waals surface area contributed by atoms with Crippen LogP contribution >= 0.6 is 23.2 Å². The van der Waals surface area contributed by atoms with E-state index in [2.05, 4.69) is 15.3 Å². The molecule has 0 atom stereocenters. The van der Waals surface area contributed by atoms with Gasteiger partial charge in [-0.05, 0) is 30.3 Å². The van der Waals surface area contributed by atoms with E-state index in [1.165, 1.54) is 4.68 Å². The summed E-state index contributed by atoms with van der Waals surface area (Å²) >= 11 is 12.1. The topological polar surface area (TPSA) is 80.9 Å². The number of hydrogen-bond acceptors (Lipinski definition) is 4. The monoisotopic (exact) mass is 334 g/mol. The third-order valence-corrected chi connectivity index (χ3v) is 3.50. The molecule has 2 heterocycles. The Morgan fingerprint density at radius 2 is 1.86 bits per heavy atom. The molecule has 0 aliphatic heterocycles. The minimum absolute atomic E-state index is 0.169. The first kappa shape index (κ1) is 14.5. The van der Waals surface area contributed by atoms with Crippen LogP contribution in [0.4, 0.5) is 0 Å². The van der Waals surface area contributed by atoms with Gasteiger partial charge in [0.1, 0.15) is 5.69 Å². The number of carboxylic acid groups (broad SMARTS) is 1. The van der Waals surface area contributed by atoms with Crippen molar-refractivity contribution in [2.24, 2.45) is 0 Å². The van der Waals surface area contributed by atoms with Crippen molar-refractivity contribution in [3.63, 3.8) is 0 Å². The number of hydrogen-bond donors (Lipinski definition) is 1. The smallest absolute Gasteiger partial charge is 0.358 e. The molecule has 110 valence electrons. The van der Waals surface area contributed by atoms with E-state index in [1.54, 1.807) is 42.7 Å². The van der Waals surface area contributed by atoms with E-state index in [0.29, 0.717) is 27.0 Å². The minimum atomic E-state index is -1.18. The number of benzene rings is 1. The molecule has 1 N–H and O–H groups in total. The molecule has 0 spiro atoms. The lowest BCUT2D eigenvalue weighted by Crippen LogP contribution is -2.03. The van der Waals surface area contributed by atoms with Crippen molar-refractivity contribution in [3.8, 4) is 16.9 Å². The maximum Gasteiger partial charge on any atom is 0.358 e. The zero-order chi connectivity index (χ0) is 15.7. The molecule has 2 aromatic heterocycles. The van der Waals surface area contributed by atoms with Crippen LogP contribution in [0.2, 0.25) is 10.0 Å². The number of nitrogens with zero attached hydrogens (tertiary/aromatic N) is 4. The number of aromatic nitrogens is 4. The Hall–Kier alpha value is -2.44. The summed E-state index contributed by atoms with van der Waals surface area (Å²) in [6.45, 7) is 0. The largest absolute Gasteiger partial charge is 0.476 e. The molecule has 0 bridgehead atoms. The van der Waals surface area contributed by atoms with E-state index >= 15 is 0 Å². The minimum Gasteiger partial charge on any atom is -0.476 e. The van der Waals surface area contributed by atoms with E-state index in [-0.39, 0.29) is 5.69 Å². The van der Waals surface area contributed by atoms with Gasteiger partial charge in [-0.1, -0.05) is 28.4 Å². The summed E-state index contributed by atoms with van der Waals surface area (Å²) in [6.07, 6.45) is 3.11. The van der Waals surface area contributed by atoms with Gasteiger partial charge in [-0.2, -0.15) is 0 Å². The summed E-state index contributed by atoms with van der Waals surface area (Å²) in [5, 5.41) is 17.8. The van der Waals surface area contributed by atoms with Crippen molar-refractivity contribution in [3.05, 3.63) is 58.5 Å². The van der Waals surface area contributed by atoms with Crippen molar-refractivity contribution in [2.45, 2.75) is 0 Å². The number of aromatic carboxylic acids is 1. The lowest BCUT2D eigenvalue weighted by atomic mass is 10.1. The molecule has 0 aliphatic rings. The van der Waals surface area contributed by atoms with Gasteiger partial charge in [-0.15, -0.1) is 5.10 Å². The molecular formula is C14H8Cl2N4O2. The van der Waals surface area contributed by atoms with Crippen LogP contribution in [0.15, 0.2) is 42.7 Å². The summed E-state index contributed by atoms with van der Waals surface area (Å²) in [5.74, 6) is -1.18. The molecule has 0 unspecified atom stereocenters. The standard InChI is InChI=1S/C14H8Cl2N4O2/c15-9-1-2-11(10(16)7-9)20-13(8-3-5-17-6-4-8)12(14(21)22)18-19-20/h1-7H,(H,21,22). The number of rotatable bonds is 3. The highest BCUT2D eigenvalue weighted by Crippen LogP contribution is 2.29. The van der Waals surface area contributed by atoms with Crippen LogP contribution in [0, 0.1) is 0 Å². The average Bonchev–Trinajstić information content (AvgIpc) is 2.93. The first-order valence-electron chi connectivity index (χ1n) is 6.12. The first-order valence-corrected chi connectivity index (χ1v) is 6.88. The molecule has 3 aromatic rings. The van der Waals surface area contributed by atoms with Crippen molar-refractivity contribution >= 4 is 29.2 Å². The summed E-state index contributed by atoms with van der Waals surface area (Å²) in [4.78, 5) is 15.3. The van der Waals surface area contributed by atoms with Crippen LogP contribution in [0.1, 0.15) is 10.5 Å². The molecule has 8 heteroatoms. The van der Waals surface area contributed by atoms with Crippen LogP contribution in [-0.2, 0) is 0 Å². The van der Waals surface area contributed by atoms with Crippen molar-refractivity contribution in [1.29, 1.82) is 0 Å². The Morgan fingerprint density at radius 3 is 2.50 bits per heavy atom. The van der Waals surface area contributed by atoms with Crippen molar-refractivity contribution in [1.82, 2.24) is 20.0 Å². The normalized spacial score (nSPS) is 10.6. The fourth-order valence-electron chi connectivity index (χ4n) is 2.02. The quantitative estimate of drug-likeness (QED) is 0.794. The van der Waals surface area contributed by atoms with Crippen LogP contribution in [0.3, 0.4) is 0 Å². The highest BCUT2D eigenvalue weighted by atomic mass is 35.5. The van der Waals surface area contributed by atoms with Gasteiger partial charge in [0.05, 0.1) is 10.7 Å². The Bertz CT molecular complexity index is 849. The predicted octanol–water partition coefficient (Wildman–Crippen LogP) is 3.33. The van der Waals surface area contributed by atoms with Gasteiger partial charge in [-0.3, -0.25) is 4.98 Å². The van der Waals surface area contributed by atoms with Crippen molar-refractivity contribution < 1.29 is 9.90 Å². The van der Waals surface area contributed by atoms with Gasteiger partial charge in [0.2, 0.25) is 0 Å². The second-order valence-electron chi connectivity index (χ2n) is 4.34. The molecular weight excluding hydrogens is 327 g/mol. The first-order chi connectivity index (χ1) is 10.6. The third kappa shape index (κ3) is 2.54. The summed E-state index contributed by atoms with van der Waals surface area (Å²) < 4.78 is 1.37. The maximum absolute atomic E-state index is 11.4. The predicted molar refractivity (Wildman–Crippen MR) is 81.6 cm³/mol. The van der Waals surface area contributed by atoms with E-state index in [9.17, 15) is 9.90 Å².